The molecule has 0 radical (unpaired) electrons. The molecule has 6 heteroatoms. The van der Waals surface area contributed by atoms with E-state index in [1.807, 2.05) is 102 Å². The van der Waals surface area contributed by atoms with Gasteiger partial charge in [-0.3, -0.25) is 4.31 Å². The Morgan fingerprint density at radius 3 is 2.15 bits per heavy atom. The van der Waals surface area contributed by atoms with Crippen LogP contribution in [-0.2, 0) is 16.6 Å². The van der Waals surface area contributed by atoms with Gasteiger partial charge >= 0.3 is 0 Å². The summed E-state index contributed by atoms with van der Waals surface area (Å²) in [6.07, 6.45) is 1.27. The molecule has 5 rings (SSSR count). The first-order valence-corrected chi connectivity index (χ1v) is 13.3. The van der Waals surface area contributed by atoms with Crippen molar-refractivity contribution >= 4 is 38.0 Å². The first kappa shape index (κ1) is 21.4. The fourth-order valence-corrected chi connectivity index (χ4v) is 5.70. The van der Waals surface area contributed by atoms with Crippen LogP contribution >= 0.6 is 11.3 Å². The highest BCUT2D eigenvalue weighted by Gasteiger charge is 2.28. The molecule has 33 heavy (non-hydrogen) atoms. The monoisotopic (exact) mass is 470 g/mol. The van der Waals surface area contributed by atoms with Crippen LogP contribution in [0.15, 0.2) is 102 Å². The van der Waals surface area contributed by atoms with Crippen LogP contribution < -0.4 is 4.31 Å². The maximum atomic E-state index is 13.3. The summed E-state index contributed by atoms with van der Waals surface area (Å²) >= 11 is 1.58. The SMILES string of the molecule is CS(=O)(=O)N(Cc1ccccc1)c1c(-c2cccs2)c(-c2ccccc2)nc2ccccc12. The maximum absolute atomic E-state index is 13.3. The maximum Gasteiger partial charge on any atom is 0.232 e. The van der Waals surface area contributed by atoms with Gasteiger partial charge in [0.15, 0.2) is 0 Å². The van der Waals surface area contributed by atoms with Crippen molar-refractivity contribution in [3.63, 3.8) is 0 Å². The highest BCUT2D eigenvalue weighted by molar-refractivity contribution is 7.92. The Labute approximate surface area is 197 Å². The zero-order chi connectivity index (χ0) is 22.8. The van der Waals surface area contributed by atoms with E-state index in [1.54, 1.807) is 11.3 Å². The van der Waals surface area contributed by atoms with E-state index in [-0.39, 0.29) is 6.54 Å². The zero-order valence-electron chi connectivity index (χ0n) is 18.0. The molecule has 164 valence electrons. The molecular weight excluding hydrogens is 448 g/mol. The van der Waals surface area contributed by atoms with Gasteiger partial charge in [0.2, 0.25) is 10.0 Å². The van der Waals surface area contributed by atoms with E-state index in [1.165, 1.54) is 10.6 Å². The van der Waals surface area contributed by atoms with Crippen LogP contribution in [-0.4, -0.2) is 19.7 Å². The summed E-state index contributed by atoms with van der Waals surface area (Å²) < 4.78 is 28.0. The normalized spacial score (nSPS) is 11.5. The molecule has 0 amide bonds. The molecule has 0 atom stereocenters. The van der Waals surface area contributed by atoms with Gasteiger partial charge in [-0.25, -0.2) is 13.4 Å². The molecule has 5 aromatic rings. The third-order valence-electron chi connectivity index (χ3n) is 5.50. The van der Waals surface area contributed by atoms with Gasteiger partial charge in [-0.1, -0.05) is 84.9 Å². The van der Waals surface area contributed by atoms with Gasteiger partial charge in [0.1, 0.15) is 0 Å². The van der Waals surface area contributed by atoms with E-state index in [4.69, 9.17) is 4.98 Å². The van der Waals surface area contributed by atoms with Crippen molar-refractivity contribution in [3.8, 4) is 21.7 Å². The first-order valence-electron chi connectivity index (χ1n) is 10.6. The topological polar surface area (TPSA) is 50.3 Å². The fourth-order valence-electron chi connectivity index (χ4n) is 4.02. The lowest BCUT2D eigenvalue weighted by Gasteiger charge is -2.28. The van der Waals surface area contributed by atoms with Crippen LogP contribution in [0, 0.1) is 0 Å². The third-order valence-corrected chi connectivity index (χ3v) is 7.50. The number of nitrogens with zero attached hydrogens (tertiary/aromatic N) is 2. The van der Waals surface area contributed by atoms with E-state index in [9.17, 15) is 8.42 Å². The van der Waals surface area contributed by atoms with Crippen LogP contribution in [0.5, 0.6) is 0 Å². The van der Waals surface area contributed by atoms with Crippen molar-refractivity contribution in [2.24, 2.45) is 0 Å². The van der Waals surface area contributed by atoms with E-state index in [0.717, 1.165) is 38.2 Å². The molecule has 0 aliphatic heterocycles. The Morgan fingerprint density at radius 2 is 1.48 bits per heavy atom. The van der Waals surface area contributed by atoms with Gasteiger partial charge in [-0.15, -0.1) is 11.3 Å². The number of hydrogen-bond acceptors (Lipinski definition) is 4. The van der Waals surface area contributed by atoms with Crippen LogP contribution in [0.25, 0.3) is 32.6 Å². The average Bonchev–Trinajstić information content (AvgIpc) is 3.37. The van der Waals surface area contributed by atoms with Crippen molar-refractivity contribution in [1.29, 1.82) is 0 Å². The predicted molar refractivity (Wildman–Crippen MR) is 138 cm³/mol. The van der Waals surface area contributed by atoms with Gasteiger partial charge in [-0.2, -0.15) is 0 Å². The number of pyridine rings is 1. The molecule has 0 unspecified atom stereocenters. The molecule has 0 bridgehead atoms. The Morgan fingerprint density at radius 1 is 0.818 bits per heavy atom. The van der Waals surface area contributed by atoms with Gasteiger partial charge in [0.25, 0.3) is 0 Å². The van der Waals surface area contributed by atoms with Gasteiger partial charge in [-0.05, 0) is 23.1 Å². The Balaban J connectivity index is 1.89. The summed E-state index contributed by atoms with van der Waals surface area (Å²) in [6, 6.07) is 31.4. The number of sulfonamides is 1. The minimum atomic E-state index is -3.61. The van der Waals surface area contributed by atoms with Crippen molar-refractivity contribution in [2.45, 2.75) is 6.54 Å². The summed E-state index contributed by atoms with van der Waals surface area (Å²) in [5.74, 6) is 0. The number of para-hydroxylation sites is 1. The van der Waals surface area contributed by atoms with Crippen molar-refractivity contribution in [2.75, 3.05) is 10.6 Å². The first-order chi connectivity index (χ1) is 16.0. The molecule has 2 heterocycles. The molecule has 2 aromatic heterocycles. The lowest BCUT2D eigenvalue weighted by atomic mass is 9.99. The molecule has 0 fully saturated rings. The largest absolute Gasteiger partial charge is 0.265 e. The minimum absolute atomic E-state index is 0.236. The minimum Gasteiger partial charge on any atom is -0.265 e. The smallest absolute Gasteiger partial charge is 0.232 e. The van der Waals surface area contributed by atoms with Crippen molar-refractivity contribution in [3.05, 3.63) is 108 Å². The second-order valence-electron chi connectivity index (χ2n) is 7.80. The average molecular weight is 471 g/mol. The van der Waals surface area contributed by atoms with Crippen LogP contribution in [0.2, 0.25) is 0 Å². The molecule has 4 nitrogen and oxygen atoms in total. The summed E-state index contributed by atoms with van der Waals surface area (Å²) in [6.45, 7) is 0.236. The molecule has 3 aromatic carbocycles. The van der Waals surface area contributed by atoms with Crippen LogP contribution in [0.4, 0.5) is 5.69 Å². The molecule has 0 spiro atoms. The quantitative estimate of drug-likeness (QED) is 0.281. The highest BCUT2D eigenvalue weighted by atomic mass is 32.2. The lowest BCUT2D eigenvalue weighted by Crippen LogP contribution is -2.30. The summed E-state index contributed by atoms with van der Waals surface area (Å²) in [5.41, 5.74) is 4.88. The number of hydrogen-bond donors (Lipinski definition) is 0. The van der Waals surface area contributed by atoms with Crippen molar-refractivity contribution in [1.82, 2.24) is 4.98 Å². The predicted octanol–water partition coefficient (Wildman–Crippen LogP) is 6.60. The Kier molecular flexibility index (Phi) is 5.70. The molecule has 0 saturated heterocycles. The molecular formula is C27H22N2O2S2. The second-order valence-corrected chi connectivity index (χ2v) is 10.7. The standard InChI is InChI=1S/C27H22N2O2S2/c1-33(30,31)29(19-20-11-4-2-5-12-20)27-22-15-8-9-16-23(22)28-26(21-13-6-3-7-14-21)25(27)24-17-10-18-32-24/h2-18H,19H2,1H3. The van der Waals surface area contributed by atoms with E-state index < -0.39 is 10.0 Å². The van der Waals surface area contributed by atoms with Crippen LogP contribution in [0.1, 0.15) is 5.56 Å². The van der Waals surface area contributed by atoms with E-state index >= 15 is 0 Å². The number of rotatable bonds is 6. The van der Waals surface area contributed by atoms with Crippen LogP contribution in [0.3, 0.4) is 0 Å². The number of fused-ring (bicyclic) bond motifs is 1. The molecule has 0 saturated carbocycles. The second kappa shape index (κ2) is 8.81. The zero-order valence-corrected chi connectivity index (χ0v) is 19.7. The number of aromatic nitrogens is 1. The molecule has 0 N–H and O–H groups in total. The number of thiophene rings is 1. The van der Waals surface area contributed by atoms with E-state index in [0.29, 0.717) is 5.69 Å². The summed E-state index contributed by atoms with van der Waals surface area (Å²) in [4.78, 5) is 5.99. The fraction of sp³-hybridized carbons (Fsp3) is 0.0741. The highest BCUT2D eigenvalue weighted by Crippen LogP contribution is 2.45. The third kappa shape index (κ3) is 4.27. The summed E-state index contributed by atoms with van der Waals surface area (Å²) in [5, 5.41) is 2.81. The molecule has 0 aliphatic rings. The summed E-state index contributed by atoms with van der Waals surface area (Å²) in [7, 11) is -3.61. The van der Waals surface area contributed by atoms with Crippen molar-refractivity contribution < 1.29 is 8.42 Å². The Bertz CT molecular complexity index is 1500. The molecule has 0 aliphatic carbocycles. The Hall–Kier alpha value is -3.48. The number of benzene rings is 3. The lowest BCUT2D eigenvalue weighted by molar-refractivity contribution is 0.596. The van der Waals surface area contributed by atoms with E-state index in [2.05, 4.69) is 0 Å². The number of anilines is 1. The van der Waals surface area contributed by atoms with Gasteiger partial charge in [0, 0.05) is 21.4 Å². The van der Waals surface area contributed by atoms with Gasteiger partial charge < -0.3 is 0 Å². The van der Waals surface area contributed by atoms with Gasteiger partial charge in [0.05, 0.1) is 29.7 Å².